The molecule has 0 aliphatic carbocycles. The number of fused-ring (bicyclic) bond motifs is 1. The second kappa shape index (κ2) is 8.51. The first-order valence-electron chi connectivity index (χ1n) is 9.88. The third kappa shape index (κ3) is 4.23. The first-order chi connectivity index (χ1) is 14.9. The van der Waals surface area contributed by atoms with Gasteiger partial charge in [0.25, 0.3) is 5.56 Å². The molecule has 4 aromatic rings. The Bertz CT molecular complexity index is 1280. The van der Waals surface area contributed by atoms with Crippen LogP contribution in [0.4, 0.5) is 4.39 Å². The van der Waals surface area contributed by atoms with Crippen LogP contribution in [0, 0.1) is 5.82 Å². The first-order valence-corrected chi connectivity index (χ1v) is 9.88. The minimum Gasteiger partial charge on any atom is -0.459 e. The summed E-state index contributed by atoms with van der Waals surface area (Å²) in [5.41, 5.74) is 1.83. The summed E-state index contributed by atoms with van der Waals surface area (Å²) in [5.74, 6) is -0.968. The fourth-order valence-electron chi connectivity index (χ4n) is 3.31. The lowest BCUT2D eigenvalue weighted by atomic mass is 10.1. The lowest BCUT2D eigenvalue weighted by Crippen LogP contribution is -2.30. The number of halogens is 1. The first kappa shape index (κ1) is 20.5. The summed E-state index contributed by atoms with van der Waals surface area (Å²) in [4.78, 5) is 25.6. The summed E-state index contributed by atoms with van der Waals surface area (Å²) in [5, 5.41) is 9.32. The summed E-state index contributed by atoms with van der Waals surface area (Å²) in [6.45, 7) is 3.68. The summed E-state index contributed by atoms with van der Waals surface area (Å²) in [7, 11) is 0. The average molecular weight is 420 g/mol. The molecule has 7 nitrogen and oxygen atoms in total. The van der Waals surface area contributed by atoms with Crippen molar-refractivity contribution in [2.24, 2.45) is 0 Å². The predicted molar refractivity (Wildman–Crippen MR) is 113 cm³/mol. The molecule has 2 heterocycles. The van der Waals surface area contributed by atoms with Crippen molar-refractivity contribution in [1.29, 1.82) is 0 Å². The number of rotatable bonds is 6. The molecular formula is C23H21FN4O3. The Balaban J connectivity index is 1.70. The Morgan fingerprint density at radius 3 is 2.48 bits per heavy atom. The number of benzene rings is 2. The monoisotopic (exact) mass is 420 g/mol. The highest BCUT2D eigenvalue weighted by Gasteiger charge is 2.20. The van der Waals surface area contributed by atoms with E-state index in [1.165, 1.54) is 28.9 Å². The van der Waals surface area contributed by atoms with Crippen molar-refractivity contribution in [3.05, 3.63) is 88.2 Å². The van der Waals surface area contributed by atoms with Crippen LogP contribution >= 0.6 is 0 Å². The largest absolute Gasteiger partial charge is 0.459 e. The Hall–Kier alpha value is -3.81. The minimum atomic E-state index is -0.569. The van der Waals surface area contributed by atoms with Crippen LogP contribution in [0.5, 0.6) is 0 Å². The molecule has 0 saturated heterocycles. The van der Waals surface area contributed by atoms with Crippen molar-refractivity contribution >= 4 is 16.9 Å². The zero-order valence-electron chi connectivity index (χ0n) is 17.2. The van der Waals surface area contributed by atoms with Gasteiger partial charge in [0, 0.05) is 5.39 Å². The zero-order valence-corrected chi connectivity index (χ0v) is 17.2. The quantitative estimate of drug-likeness (QED) is 0.446. The van der Waals surface area contributed by atoms with E-state index in [0.717, 1.165) is 10.2 Å². The second-order valence-corrected chi connectivity index (χ2v) is 7.44. The van der Waals surface area contributed by atoms with E-state index in [2.05, 4.69) is 10.2 Å². The molecule has 0 unspecified atom stereocenters. The van der Waals surface area contributed by atoms with E-state index in [9.17, 15) is 14.0 Å². The van der Waals surface area contributed by atoms with Crippen molar-refractivity contribution in [1.82, 2.24) is 19.6 Å². The van der Waals surface area contributed by atoms with Gasteiger partial charge in [-0.3, -0.25) is 9.59 Å². The molecule has 31 heavy (non-hydrogen) atoms. The summed E-state index contributed by atoms with van der Waals surface area (Å²) < 4.78 is 21.2. The highest BCUT2D eigenvalue weighted by molar-refractivity contribution is 5.82. The van der Waals surface area contributed by atoms with E-state index in [-0.39, 0.29) is 30.4 Å². The van der Waals surface area contributed by atoms with Gasteiger partial charge < -0.3 is 4.74 Å². The van der Waals surface area contributed by atoms with Gasteiger partial charge in [0.05, 0.1) is 17.6 Å². The van der Waals surface area contributed by atoms with Gasteiger partial charge in [-0.05, 0) is 35.7 Å². The number of hydrogen-bond acceptors (Lipinski definition) is 5. The predicted octanol–water partition coefficient (Wildman–Crippen LogP) is 3.59. The Morgan fingerprint density at radius 2 is 1.81 bits per heavy atom. The van der Waals surface area contributed by atoms with Gasteiger partial charge in [0.1, 0.15) is 24.5 Å². The number of esters is 1. The number of nitrogens with zero attached hydrogens (tertiary/aromatic N) is 4. The highest BCUT2D eigenvalue weighted by Crippen LogP contribution is 2.23. The maximum atomic E-state index is 13.3. The number of ether oxygens (including phenoxy) is 1. The van der Waals surface area contributed by atoms with E-state index in [1.54, 1.807) is 6.20 Å². The number of carbonyl (C=O) groups excluding carboxylic acids is 1. The molecule has 0 N–H and O–H groups in total. The van der Waals surface area contributed by atoms with Crippen LogP contribution in [0.3, 0.4) is 0 Å². The Labute approximate surface area is 177 Å². The third-order valence-corrected chi connectivity index (χ3v) is 4.85. The summed E-state index contributed by atoms with van der Waals surface area (Å²) >= 11 is 0. The van der Waals surface area contributed by atoms with Crippen molar-refractivity contribution in [2.75, 3.05) is 0 Å². The number of aromatic nitrogens is 4. The Morgan fingerprint density at radius 1 is 1.10 bits per heavy atom. The van der Waals surface area contributed by atoms with Crippen LogP contribution in [0.15, 0.2) is 65.6 Å². The highest BCUT2D eigenvalue weighted by atomic mass is 19.1. The van der Waals surface area contributed by atoms with Crippen LogP contribution in [-0.4, -0.2) is 25.5 Å². The van der Waals surface area contributed by atoms with E-state index < -0.39 is 11.5 Å². The van der Waals surface area contributed by atoms with E-state index in [0.29, 0.717) is 16.8 Å². The van der Waals surface area contributed by atoms with Crippen LogP contribution in [0.2, 0.25) is 0 Å². The van der Waals surface area contributed by atoms with Gasteiger partial charge in [-0.2, -0.15) is 10.2 Å². The molecule has 0 fully saturated rings. The topological polar surface area (TPSA) is 79.0 Å². The normalized spacial score (nSPS) is 11.2. The van der Waals surface area contributed by atoms with E-state index in [1.807, 2.05) is 44.2 Å². The van der Waals surface area contributed by atoms with Crippen molar-refractivity contribution < 1.29 is 13.9 Å². The van der Waals surface area contributed by atoms with Crippen LogP contribution in [0.25, 0.3) is 16.6 Å². The zero-order chi connectivity index (χ0) is 22.0. The summed E-state index contributed by atoms with van der Waals surface area (Å²) in [6.07, 6.45) is 1.57. The molecule has 8 heteroatoms. The lowest BCUT2D eigenvalue weighted by molar-refractivity contribution is -0.146. The molecule has 0 spiro atoms. The molecule has 158 valence electrons. The van der Waals surface area contributed by atoms with Gasteiger partial charge in [-0.1, -0.05) is 44.2 Å². The molecule has 0 amide bonds. The van der Waals surface area contributed by atoms with Crippen molar-refractivity contribution in [3.63, 3.8) is 0 Å². The molecule has 0 atom stereocenters. The van der Waals surface area contributed by atoms with Gasteiger partial charge in [0.15, 0.2) is 0 Å². The van der Waals surface area contributed by atoms with Gasteiger partial charge >= 0.3 is 5.97 Å². The van der Waals surface area contributed by atoms with Crippen molar-refractivity contribution in [3.8, 4) is 5.69 Å². The lowest BCUT2D eigenvalue weighted by Gasteiger charge is -2.12. The molecule has 0 bridgehead atoms. The fourth-order valence-corrected chi connectivity index (χ4v) is 3.31. The van der Waals surface area contributed by atoms with E-state index >= 15 is 0 Å². The summed E-state index contributed by atoms with van der Waals surface area (Å²) in [6, 6.07) is 15.0. The maximum Gasteiger partial charge on any atom is 0.328 e. The standard InChI is InChI=1S/C23H21FN4O3/c1-15(2)21-19-12-25-28(18-10-8-17(24)9-11-18)22(19)23(30)27(26-21)13-20(29)31-14-16-6-4-3-5-7-16/h3-12,15H,13-14H2,1-2H3. The maximum absolute atomic E-state index is 13.3. The van der Waals surface area contributed by atoms with E-state index in [4.69, 9.17) is 4.74 Å². The molecule has 2 aromatic carbocycles. The SMILES string of the molecule is CC(C)c1nn(CC(=O)OCc2ccccc2)c(=O)c2c1cnn2-c1ccc(F)cc1. The minimum absolute atomic E-state index is 0.0134. The van der Waals surface area contributed by atoms with Crippen LogP contribution in [0.1, 0.15) is 31.0 Å². The van der Waals surface area contributed by atoms with Crippen LogP contribution < -0.4 is 5.56 Å². The molecular weight excluding hydrogens is 399 g/mol. The van der Waals surface area contributed by atoms with Crippen LogP contribution in [-0.2, 0) is 22.7 Å². The molecule has 0 aliphatic rings. The molecule has 0 radical (unpaired) electrons. The smallest absolute Gasteiger partial charge is 0.328 e. The van der Waals surface area contributed by atoms with Gasteiger partial charge in [0.2, 0.25) is 0 Å². The molecule has 0 aliphatic heterocycles. The van der Waals surface area contributed by atoms with Gasteiger partial charge in [-0.15, -0.1) is 0 Å². The van der Waals surface area contributed by atoms with Gasteiger partial charge in [-0.25, -0.2) is 13.8 Å². The third-order valence-electron chi connectivity index (χ3n) is 4.85. The molecule has 4 rings (SSSR count). The van der Waals surface area contributed by atoms with Crippen molar-refractivity contribution in [2.45, 2.75) is 32.9 Å². The fraction of sp³-hybridized carbons (Fsp3) is 0.217. The molecule has 0 saturated carbocycles. The average Bonchev–Trinajstić information content (AvgIpc) is 3.21. The molecule has 2 aromatic heterocycles. The second-order valence-electron chi connectivity index (χ2n) is 7.44. The number of hydrogen-bond donors (Lipinski definition) is 0. The Kier molecular flexibility index (Phi) is 5.62. The number of carbonyl (C=O) groups is 1.